The maximum atomic E-state index is 5.86. The molecule has 20 heavy (non-hydrogen) atoms. The van der Waals surface area contributed by atoms with Crippen LogP contribution >= 0.6 is 0 Å². The van der Waals surface area contributed by atoms with Gasteiger partial charge in [-0.1, -0.05) is 0 Å². The second-order valence-corrected chi connectivity index (χ2v) is 6.27. The van der Waals surface area contributed by atoms with Gasteiger partial charge >= 0.3 is 0 Å². The molecule has 2 aliphatic rings. The summed E-state index contributed by atoms with van der Waals surface area (Å²) in [5.74, 6) is 2.43. The molecule has 0 amide bonds. The van der Waals surface area contributed by atoms with E-state index in [1.807, 2.05) is 0 Å². The summed E-state index contributed by atoms with van der Waals surface area (Å²) in [4.78, 5) is 4.76. The van der Waals surface area contributed by atoms with Crippen LogP contribution in [0, 0.1) is 5.92 Å². The molecule has 0 N–H and O–H groups in total. The van der Waals surface area contributed by atoms with Gasteiger partial charge < -0.3 is 14.0 Å². The van der Waals surface area contributed by atoms with Crippen LogP contribution < -0.4 is 0 Å². The highest BCUT2D eigenvalue weighted by atomic mass is 16.5. The quantitative estimate of drug-likeness (QED) is 0.849. The lowest BCUT2D eigenvalue weighted by molar-refractivity contribution is 0.253. The average Bonchev–Trinajstić information content (AvgIpc) is 3.06. The molecule has 1 aliphatic heterocycles. The number of rotatable bonds is 3. The van der Waals surface area contributed by atoms with Crippen LogP contribution in [0.2, 0.25) is 0 Å². The van der Waals surface area contributed by atoms with Crippen molar-refractivity contribution >= 4 is 5.90 Å². The summed E-state index contributed by atoms with van der Waals surface area (Å²) >= 11 is 0. The van der Waals surface area contributed by atoms with E-state index in [2.05, 4.69) is 49.9 Å². The second kappa shape index (κ2) is 4.69. The van der Waals surface area contributed by atoms with E-state index in [4.69, 9.17) is 14.5 Å². The minimum Gasteiger partial charge on any atom is -0.501 e. The first-order valence-corrected chi connectivity index (χ1v) is 7.08. The van der Waals surface area contributed by atoms with Crippen LogP contribution in [0.15, 0.2) is 35.2 Å². The summed E-state index contributed by atoms with van der Waals surface area (Å²) in [6.07, 6.45) is 5.14. The van der Waals surface area contributed by atoms with Gasteiger partial charge in [-0.25, -0.2) is 4.99 Å². The van der Waals surface area contributed by atoms with Crippen LogP contribution in [0.4, 0.5) is 0 Å². The van der Waals surface area contributed by atoms with Gasteiger partial charge in [-0.15, -0.1) is 0 Å². The number of aliphatic imine (C=N–C) groups is 1. The first kappa shape index (κ1) is 13.3. The van der Waals surface area contributed by atoms with Crippen molar-refractivity contribution < 1.29 is 9.47 Å². The average molecular weight is 274 g/mol. The van der Waals surface area contributed by atoms with Gasteiger partial charge in [0.1, 0.15) is 6.61 Å². The minimum absolute atomic E-state index is 0.107. The molecule has 108 valence electrons. The van der Waals surface area contributed by atoms with E-state index in [0.717, 1.165) is 18.1 Å². The maximum absolute atomic E-state index is 5.86. The van der Waals surface area contributed by atoms with Crippen molar-refractivity contribution in [3.63, 3.8) is 0 Å². The van der Waals surface area contributed by atoms with Crippen molar-refractivity contribution in [3.8, 4) is 0 Å². The summed E-state index contributed by atoms with van der Waals surface area (Å²) in [6, 6.07) is 4.24. The lowest BCUT2D eigenvalue weighted by atomic mass is 9.92. The Morgan fingerprint density at radius 1 is 1.45 bits per heavy atom. The van der Waals surface area contributed by atoms with Crippen molar-refractivity contribution in [2.75, 3.05) is 13.7 Å². The highest BCUT2D eigenvalue weighted by Gasteiger charge is 2.39. The Morgan fingerprint density at radius 2 is 2.25 bits per heavy atom. The van der Waals surface area contributed by atoms with Gasteiger partial charge in [0.15, 0.2) is 5.90 Å². The molecule has 2 heterocycles. The SMILES string of the molecule is COC1=C[C@@H](c2cccn2C)[C@H](C2=NC(C)(C)CO2)C1. The Morgan fingerprint density at radius 3 is 2.80 bits per heavy atom. The number of hydrogen-bond donors (Lipinski definition) is 0. The zero-order valence-electron chi connectivity index (χ0n) is 12.6. The third-order valence-electron chi connectivity index (χ3n) is 4.11. The summed E-state index contributed by atoms with van der Waals surface area (Å²) in [7, 11) is 3.81. The fraction of sp³-hybridized carbons (Fsp3) is 0.562. The van der Waals surface area contributed by atoms with Crippen molar-refractivity contribution in [3.05, 3.63) is 35.9 Å². The Hall–Kier alpha value is -1.71. The van der Waals surface area contributed by atoms with Crippen LogP contribution in [0.3, 0.4) is 0 Å². The van der Waals surface area contributed by atoms with Crippen LogP contribution in [0.25, 0.3) is 0 Å². The Balaban J connectivity index is 1.93. The van der Waals surface area contributed by atoms with Crippen molar-refractivity contribution in [1.29, 1.82) is 0 Å². The van der Waals surface area contributed by atoms with E-state index in [9.17, 15) is 0 Å². The number of nitrogens with zero attached hydrogens (tertiary/aromatic N) is 2. The first-order valence-electron chi connectivity index (χ1n) is 7.08. The Bertz CT molecular complexity index is 569. The molecule has 0 spiro atoms. The van der Waals surface area contributed by atoms with Gasteiger partial charge in [0.2, 0.25) is 0 Å². The summed E-state index contributed by atoms with van der Waals surface area (Å²) in [5.41, 5.74) is 1.17. The van der Waals surface area contributed by atoms with Gasteiger partial charge in [-0.05, 0) is 32.1 Å². The normalized spacial score (nSPS) is 28.0. The third-order valence-corrected chi connectivity index (χ3v) is 4.11. The number of hydrogen-bond acceptors (Lipinski definition) is 3. The standard InChI is InChI=1S/C16H22N2O2/c1-16(2)10-20-15(17-16)13-9-11(19-4)8-12(13)14-6-5-7-18(14)3/h5-8,12-13H,9-10H2,1-4H3/t12-,13-/m1/s1. The number of aromatic nitrogens is 1. The number of allylic oxidation sites excluding steroid dienone is 2. The molecule has 4 nitrogen and oxygen atoms in total. The fourth-order valence-corrected chi connectivity index (χ4v) is 3.04. The van der Waals surface area contributed by atoms with E-state index in [1.54, 1.807) is 7.11 Å². The zero-order chi connectivity index (χ0) is 14.3. The van der Waals surface area contributed by atoms with Gasteiger partial charge in [-0.3, -0.25) is 0 Å². The molecule has 1 aromatic rings. The van der Waals surface area contributed by atoms with Crippen molar-refractivity contribution in [2.24, 2.45) is 18.0 Å². The summed E-state index contributed by atoms with van der Waals surface area (Å²) < 4.78 is 13.5. The van der Waals surface area contributed by atoms with Crippen LogP contribution in [-0.4, -0.2) is 29.7 Å². The molecule has 2 atom stereocenters. The van der Waals surface area contributed by atoms with Crippen LogP contribution in [0.5, 0.6) is 0 Å². The molecular weight excluding hydrogens is 252 g/mol. The number of ether oxygens (including phenoxy) is 2. The molecule has 0 fully saturated rings. The van der Waals surface area contributed by atoms with E-state index in [1.165, 1.54) is 5.69 Å². The third kappa shape index (κ3) is 2.23. The van der Waals surface area contributed by atoms with Crippen LogP contribution in [-0.2, 0) is 16.5 Å². The molecule has 0 bridgehead atoms. The molecule has 1 aliphatic carbocycles. The molecule has 0 aromatic carbocycles. The van der Waals surface area contributed by atoms with E-state index in [-0.39, 0.29) is 17.4 Å². The highest BCUT2D eigenvalue weighted by Crippen LogP contribution is 2.41. The first-order chi connectivity index (χ1) is 9.50. The number of aryl methyl sites for hydroxylation is 1. The zero-order valence-corrected chi connectivity index (χ0v) is 12.6. The predicted octanol–water partition coefficient (Wildman–Crippen LogP) is 2.87. The van der Waals surface area contributed by atoms with Gasteiger partial charge in [0, 0.05) is 31.3 Å². The maximum Gasteiger partial charge on any atom is 0.188 e. The molecule has 4 heteroatoms. The molecule has 0 radical (unpaired) electrons. The van der Waals surface area contributed by atoms with E-state index >= 15 is 0 Å². The lowest BCUT2D eigenvalue weighted by Gasteiger charge is -2.19. The topological polar surface area (TPSA) is 35.8 Å². The molecular formula is C16H22N2O2. The molecule has 3 rings (SSSR count). The molecule has 0 saturated heterocycles. The van der Waals surface area contributed by atoms with Gasteiger partial charge in [0.25, 0.3) is 0 Å². The molecule has 0 unspecified atom stereocenters. The summed E-state index contributed by atoms with van der Waals surface area (Å²) in [5, 5.41) is 0. The smallest absolute Gasteiger partial charge is 0.188 e. The van der Waals surface area contributed by atoms with Crippen molar-refractivity contribution in [2.45, 2.75) is 31.7 Å². The minimum atomic E-state index is -0.107. The van der Waals surface area contributed by atoms with Gasteiger partial charge in [-0.2, -0.15) is 0 Å². The fourth-order valence-electron chi connectivity index (χ4n) is 3.04. The Labute approximate surface area is 120 Å². The van der Waals surface area contributed by atoms with Gasteiger partial charge in [0.05, 0.1) is 24.3 Å². The lowest BCUT2D eigenvalue weighted by Crippen LogP contribution is -2.20. The summed E-state index contributed by atoms with van der Waals surface area (Å²) in [6.45, 7) is 4.88. The Kier molecular flexibility index (Phi) is 3.11. The highest BCUT2D eigenvalue weighted by molar-refractivity contribution is 5.83. The molecule has 0 saturated carbocycles. The second-order valence-electron chi connectivity index (χ2n) is 6.27. The van der Waals surface area contributed by atoms with E-state index < -0.39 is 0 Å². The largest absolute Gasteiger partial charge is 0.501 e. The van der Waals surface area contributed by atoms with Crippen molar-refractivity contribution in [1.82, 2.24) is 4.57 Å². The van der Waals surface area contributed by atoms with Crippen LogP contribution in [0.1, 0.15) is 31.9 Å². The number of methoxy groups -OCH3 is 1. The molecule has 1 aromatic heterocycles. The monoisotopic (exact) mass is 274 g/mol. The van der Waals surface area contributed by atoms with E-state index in [0.29, 0.717) is 6.61 Å². The predicted molar refractivity (Wildman–Crippen MR) is 78.8 cm³/mol.